The quantitative estimate of drug-likeness (QED) is 0.745. The Balaban J connectivity index is 1.38. The summed E-state index contributed by atoms with van der Waals surface area (Å²) in [6, 6.07) is 5.72. The van der Waals surface area contributed by atoms with Crippen molar-refractivity contribution in [3.05, 3.63) is 58.6 Å². The minimum Gasteiger partial charge on any atom is -0.346 e. The second-order valence-electron chi connectivity index (χ2n) is 6.12. The van der Waals surface area contributed by atoms with Crippen molar-refractivity contribution in [3.63, 3.8) is 0 Å². The van der Waals surface area contributed by atoms with Crippen LogP contribution in [0.3, 0.4) is 0 Å². The van der Waals surface area contributed by atoms with Gasteiger partial charge in [0.2, 0.25) is 5.91 Å². The summed E-state index contributed by atoms with van der Waals surface area (Å²) in [5, 5.41) is 7.40. The van der Waals surface area contributed by atoms with Gasteiger partial charge in [0.1, 0.15) is 5.65 Å². The molecule has 4 rings (SSSR count). The number of carbonyl (C=O) groups excluding carboxylic acids is 2. The molecule has 132 valence electrons. The lowest BCUT2D eigenvalue weighted by atomic mass is 9.99. The normalized spacial score (nSPS) is 14.3. The Morgan fingerprint density at radius 3 is 3.04 bits per heavy atom. The first kappa shape index (κ1) is 16.5. The second kappa shape index (κ2) is 7.13. The van der Waals surface area contributed by atoms with Crippen LogP contribution in [0.5, 0.6) is 0 Å². The van der Waals surface area contributed by atoms with Gasteiger partial charge in [-0.25, -0.2) is 4.98 Å². The fraction of sp³-hybridized carbons (Fsp3) is 0.211. The Labute approximate surface area is 154 Å². The minimum absolute atomic E-state index is 0.0227. The van der Waals surface area contributed by atoms with Gasteiger partial charge in [0.25, 0.3) is 5.91 Å². The van der Waals surface area contributed by atoms with E-state index in [0.717, 1.165) is 23.0 Å². The molecule has 0 saturated heterocycles. The summed E-state index contributed by atoms with van der Waals surface area (Å²) in [5.41, 5.74) is 3.83. The maximum Gasteiger partial charge on any atom is 0.252 e. The molecule has 7 heteroatoms. The molecule has 26 heavy (non-hydrogen) atoms. The van der Waals surface area contributed by atoms with Crippen molar-refractivity contribution < 1.29 is 9.59 Å². The van der Waals surface area contributed by atoms with E-state index in [0.29, 0.717) is 18.7 Å². The number of fused-ring (bicyclic) bond motifs is 1. The van der Waals surface area contributed by atoms with Gasteiger partial charge in [-0.15, -0.1) is 0 Å². The Hall–Kier alpha value is -2.93. The molecule has 2 amide bonds. The molecule has 3 aromatic heterocycles. The van der Waals surface area contributed by atoms with E-state index in [2.05, 4.69) is 21.4 Å². The molecule has 1 aliphatic rings. The first-order valence-electron chi connectivity index (χ1n) is 8.42. The zero-order chi connectivity index (χ0) is 17.9. The van der Waals surface area contributed by atoms with E-state index in [9.17, 15) is 9.59 Å². The molecule has 0 fully saturated rings. The van der Waals surface area contributed by atoms with Gasteiger partial charge in [0.15, 0.2) is 0 Å². The van der Waals surface area contributed by atoms with Crippen LogP contribution in [0.1, 0.15) is 22.3 Å². The van der Waals surface area contributed by atoms with Gasteiger partial charge in [-0.1, -0.05) is 6.08 Å². The van der Waals surface area contributed by atoms with Crippen LogP contribution in [-0.2, 0) is 4.79 Å². The molecule has 0 spiro atoms. The van der Waals surface area contributed by atoms with Crippen LogP contribution in [0.2, 0.25) is 0 Å². The van der Waals surface area contributed by atoms with Crippen molar-refractivity contribution >= 4 is 39.8 Å². The number of H-pyrrole nitrogens is 1. The molecule has 0 bridgehead atoms. The van der Waals surface area contributed by atoms with Crippen LogP contribution >= 0.6 is 11.3 Å². The molecule has 0 aromatic carbocycles. The highest BCUT2D eigenvalue weighted by molar-refractivity contribution is 7.08. The van der Waals surface area contributed by atoms with Gasteiger partial charge in [-0.3, -0.25) is 9.59 Å². The van der Waals surface area contributed by atoms with Gasteiger partial charge in [-0.05, 0) is 35.6 Å². The number of nitrogens with zero attached hydrogens (tertiary/aromatic N) is 2. The van der Waals surface area contributed by atoms with Crippen LogP contribution in [0.25, 0.3) is 16.6 Å². The minimum atomic E-state index is -0.209. The summed E-state index contributed by atoms with van der Waals surface area (Å²) >= 11 is 1.46. The maximum absolute atomic E-state index is 12.3. The number of pyridine rings is 1. The molecule has 4 heterocycles. The summed E-state index contributed by atoms with van der Waals surface area (Å²) in [7, 11) is 0. The molecule has 0 radical (unpaired) electrons. The topological polar surface area (TPSA) is 78.1 Å². The molecular formula is C19H18N4O2S. The molecule has 0 saturated carbocycles. The largest absolute Gasteiger partial charge is 0.346 e. The predicted molar refractivity (Wildman–Crippen MR) is 102 cm³/mol. The Kier molecular flexibility index (Phi) is 4.53. The van der Waals surface area contributed by atoms with Gasteiger partial charge < -0.3 is 15.2 Å². The highest BCUT2D eigenvalue weighted by Gasteiger charge is 2.20. The van der Waals surface area contributed by atoms with Gasteiger partial charge in [0.05, 0.1) is 6.54 Å². The number of hydrogen-bond donors (Lipinski definition) is 2. The number of aromatic amines is 1. The number of aromatic nitrogens is 2. The first-order valence-corrected chi connectivity index (χ1v) is 9.36. The summed E-state index contributed by atoms with van der Waals surface area (Å²) < 4.78 is 0. The molecule has 3 aromatic rings. The lowest BCUT2D eigenvalue weighted by Crippen LogP contribution is -2.41. The van der Waals surface area contributed by atoms with Crippen molar-refractivity contribution in [1.82, 2.24) is 20.2 Å². The molecule has 2 N–H and O–H groups in total. The van der Waals surface area contributed by atoms with E-state index in [1.807, 2.05) is 23.7 Å². The van der Waals surface area contributed by atoms with E-state index in [1.165, 1.54) is 16.9 Å². The number of hydrogen-bond acceptors (Lipinski definition) is 4. The smallest absolute Gasteiger partial charge is 0.252 e. The number of thiophene rings is 1. The van der Waals surface area contributed by atoms with E-state index in [4.69, 9.17) is 0 Å². The first-order chi connectivity index (χ1) is 12.7. The molecule has 0 unspecified atom stereocenters. The van der Waals surface area contributed by atoms with E-state index in [1.54, 1.807) is 22.5 Å². The predicted octanol–water partition coefficient (Wildman–Crippen LogP) is 2.67. The third-order valence-electron chi connectivity index (χ3n) is 4.54. The molecule has 0 atom stereocenters. The summed E-state index contributed by atoms with van der Waals surface area (Å²) in [4.78, 5) is 33.5. The van der Waals surface area contributed by atoms with Crippen LogP contribution in [0.4, 0.5) is 0 Å². The Morgan fingerprint density at radius 2 is 2.27 bits per heavy atom. The van der Waals surface area contributed by atoms with Crippen molar-refractivity contribution in [2.24, 2.45) is 0 Å². The van der Waals surface area contributed by atoms with Crippen LogP contribution in [-0.4, -0.2) is 46.3 Å². The zero-order valence-electron chi connectivity index (χ0n) is 14.1. The second-order valence-corrected chi connectivity index (χ2v) is 6.90. The average molecular weight is 366 g/mol. The highest BCUT2D eigenvalue weighted by Crippen LogP contribution is 2.28. The standard InChI is InChI=1S/C19H18N4O2S/c24-17(11-22-19(25)14-5-9-26-12-14)23-7-3-13(4-8-23)16-10-21-18-15(16)2-1-6-20-18/h1-3,5-6,9-10,12H,4,7-8,11H2,(H,20,21)(H,22,25). The van der Waals surface area contributed by atoms with Crippen LogP contribution < -0.4 is 5.32 Å². The number of nitrogens with one attached hydrogen (secondary N) is 2. The van der Waals surface area contributed by atoms with E-state index in [-0.39, 0.29) is 18.4 Å². The third kappa shape index (κ3) is 3.25. The van der Waals surface area contributed by atoms with Crippen molar-refractivity contribution in [3.8, 4) is 0 Å². The average Bonchev–Trinajstić information content (AvgIpc) is 3.36. The van der Waals surface area contributed by atoms with Crippen LogP contribution in [0, 0.1) is 0 Å². The van der Waals surface area contributed by atoms with E-state index < -0.39 is 0 Å². The fourth-order valence-corrected chi connectivity index (χ4v) is 3.76. The van der Waals surface area contributed by atoms with Crippen molar-refractivity contribution in [2.45, 2.75) is 6.42 Å². The molecule has 6 nitrogen and oxygen atoms in total. The number of amides is 2. The molecule has 1 aliphatic heterocycles. The van der Waals surface area contributed by atoms with Gasteiger partial charge in [0, 0.05) is 47.4 Å². The maximum atomic E-state index is 12.3. The zero-order valence-corrected chi connectivity index (χ0v) is 14.9. The van der Waals surface area contributed by atoms with Crippen molar-refractivity contribution in [1.29, 1.82) is 0 Å². The molecule has 0 aliphatic carbocycles. The number of rotatable bonds is 4. The fourth-order valence-electron chi connectivity index (χ4n) is 3.13. The summed E-state index contributed by atoms with van der Waals surface area (Å²) in [5.74, 6) is -0.274. The Bertz CT molecular complexity index is 975. The summed E-state index contributed by atoms with van der Waals surface area (Å²) in [6.45, 7) is 1.22. The lowest BCUT2D eigenvalue weighted by molar-refractivity contribution is -0.129. The third-order valence-corrected chi connectivity index (χ3v) is 5.23. The monoisotopic (exact) mass is 366 g/mol. The SMILES string of the molecule is O=C(NCC(=O)N1CC=C(c2c[nH]c3ncccc23)CC1)c1ccsc1. The molecular weight excluding hydrogens is 348 g/mol. The highest BCUT2D eigenvalue weighted by atomic mass is 32.1. The van der Waals surface area contributed by atoms with E-state index >= 15 is 0 Å². The van der Waals surface area contributed by atoms with Gasteiger partial charge >= 0.3 is 0 Å². The Morgan fingerprint density at radius 1 is 1.35 bits per heavy atom. The lowest BCUT2D eigenvalue weighted by Gasteiger charge is -2.26. The number of carbonyl (C=O) groups is 2. The van der Waals surface area contributed by atoms with Crippen molar-refractivity contribution in [2.75, 3.05) is 19.6 Å². The van der Waals surface area contributed by atoms with Gasteiger partial charge in [-0.2, -0.15) is 11.3 Å². The van der Waals surface area contributed by atoms with Crippen LogP contribution in [0.15, 0.2) is 47.4 Å². The summed E-state index contributed by atoms with van der Waals surface area (Å²) in [6.07, 6.45) is 6.61.